The zero-order valence-corrected chi connectivity index (χ0v) is 13.1. The summed E-state index contributed by atoms with van der Waals surface area (Å²) in [5.74, 6) is -2.54. The fourth-order valence-corrected chi connectivity index (χ4v) is 1.63. The van der Waals surface area contributed by atoms with E-state index in [9.17, 15) is 14.4 Å². The second kappa shape index (κ2) is 9.42. The zero-order chi connectivity index (χ0) is 17.2. The van der Waals surface area contributed by atoms with Gasteiger partial charge in [-0.3, -0.25) is 9.59 Å². The van der Waals surface area contributed by atoms with Crippen LogP contribution < -0.4 is 15.5 Å². The molecule has 0 aliphatic rings. The molecule has 0 unspecified atom stereocenters. The molecule has 0 radical (unpaired) electrons. The maximum Gasteiger partial charge on any atom is 0.341 e. The van der Waals surface area contributed by atoms with Gasteiger partial charge < -0.3 is 15.2 Å². The molecule has 9 heteroatoms. The number of carbonyl (C=O) groups is 3. The molecule has 0 aliphatic carbocycles. The molecular formula is C14H16ClN3O5. The van der Waals surface area contributed by atoms with E-state index in [1.807, 2.05) is 6.92 Å². The topological polar surface area (TPSA) is 117 Å². The number of ether oxygens (including phenoxy) is 1. The number of amides is 2. The first-order valence-corrected chi connectivity index (χ1v) is 7.07. The minimum Gasteiger partial charge on any atom is -0.480 e. The molecule has 0 saturated heterocycles. The SMILES string of the molecule is CCCNC(=O)C(=O)N/N=C\c1ccc(OCC(=O)O)c(Cl)c1. The molecule has 2 amide bonds. The van der Waals surface area contributed by atoms with Gasteiger partial charge >= 0.3 is 17.8 Å². The summed E-state index contributed by atoms with van der Waals surface area (Å²) in [6.45, 7) is 1.77. The van der Waals surface area contributed by atoms with Crippen LogP contribution in [0, 0.1) is 0 Å². The number of rotatable bonds is 7. The van der Waals surface area contributed by atoms with Gasteiger partial charge in [-0.25, -0.2) is 10.2 Å². The van der Waals surface area contributed by atoms with Crippen molar-refractivity contribution >= 4 is 35.6 Å². The van der Waals surface area contributed by atoms with Gasteiger partial charge in [-0.2, -0.15) is 5.10 Å². The maximum atomic E-state index is 11.4. The summed E-state index contributed by atoms with van der Waals surface area (Å²) < 4.78 is 4.97. The highest BCUT2D eigenvalue weighted by Crippen LogP contribution is 2.24. The molecule has 0 aliphatic heterocycles. The predicted molar refractivity (Wildman–Crippen MR) is 83.6 cm³/mol. The van der Waals surface area contributed by atoms with Crippen LogP contribution in [0.3, 0.4) is 0 Å². The van der Waals surface area contributed by atoms with Crippen molar-refractivity contribution in [1.29, 1.82) is 0 Å². The van der Waals surface area contributed by atoms with Crippen LogP contribution in [-0.4, -0.2) is 42.3 Å². The quantitative estimate of drug-likeness (QED) is 0.385. The van der Waals surface area contributed by atoms with E-state index in [-0.39, 0.29) is 10.8 Å². The van der Waals surface area contributed by atoms with Crippen molar-refractivity contribution < 1.29 is 24.2 Å². The lowest BCUT2D eigenvalue weighted by atomic mass is 10.2. The summed E-state index contributed by atoms with van der Waals surface area (Å²) >= 11 is 5.93. The Morgan fingerprint density at radius 1 is 1.35 bits per heavy atom. The number of hydrogen-bond acceptors (Lipinski definition) is 5. The molecule has 0 aromatic heterocycles. The third-order valence-electron chi connectivity index (χ3n) is 2.43. The number of halogens is 1. The largest absolute Gasteiger partial charge is 0.480 e. The smallest absolute Gasteiger partial charge is 0.341 e. The monoisotopic (exact) mass is 341 g/mol. The van der Waals surface area contributed by atoms with Gasteiger partial charge in [0.1, 0.15) is 5.75 Å². The van der Waals surface area contributed by atoms with E-state index in [0.717, 1.165) is 6.42 Å². The summed E-state index contributed by atoms with van der Waals surface area (Å²) in [6, 6.07) is 4.52. The van der Waals surface area contributed by atoms with Gasteiger partial charge in [0.05, 0.1) is 11.2 Å². The van der Waals surface area contributed by atoms with Crippen LogP contribution in [0.15, 0.2) is 23.3 Å². The van der Waals surface area contributed by atoms with Crippen molar-refractivity contribution in [1.82, 2.24) is 10.7 Å². The van der Waals surface area contributed by atoms with Gasteiger partial charge in [0.2, 0.25) is 0 Å². The standard InChI is InChI=1S/C14H16ClN3O5/c1-2-5-16-13(21)14(22)18-17-7-9-3-4-11(10(15)6-9)23-8-12(19)20/h3-4,6-7H,2,5,8H2,1H3,(H,16,21)(H,18,22)(H,19,20)/b17-7-. The number of hydrogen-bond donors (Lipinski definition) is 3. The van der Waals surface area contributed by atoms with Crippen LogP contribution in [0.4, 0.5) is 0 Å². The third-order valence-corrected chi connectivity index (χ3v) is 2.72. The molecule has 0 fully saturated rings. The molecule has 0 bridgehead atoms. The number of carboxylic acid groups (broad SMARTS) is 1. The fourth-order valence-electron chi connectivity index (χ4n) is 1.39. The van der Waals surface area contributed by atoms with Gasteiger partial charge in [-0.05, 0) is 30.2 Å². The second-order valence-electron chi connectivity index (χ2n) is 4.33. The van der Waals surface area contributed by atoms with E-state index >= 15 is 0 Å². The molecule has 124 valence electrons. The van der Waals surface area contributed by atoms with Crippen LogP contribution in [0.25, 0.3) is 0 Å². The number of carboxylic acids is 1. The lowest BCUT2D eigenvalue weighted by molar-refractivity contribution is -0.139. The van der Waals surface area contributed by atoms with E-state index in [1.165, 1.54) is 18.3 Å². The summed E-state index contributed by atoms with van der Waals surface area (Å²) in [5, 5.41) is 14.8. The van der Waals surface area contributed by atoms with Gasteiger partial charge in [-0.1, -0.05) is 18.5 Å². The van der Waals surface area contributed by atoms with Crippen molar-refractivity contribution in [3.63, 3.8) is 0 Å². The van der Waals surface area contributed by atoms with Crippen molar-refractivity contribution in [2.45, 2.75) is 13.3 Å². The lowest BCUT2D eigenvalue weighted by Crippen LogP contribution is -2.38. The van der Waals surface area contributed by atoms with Gasteiger partial charge in [0, 0.05) is 6.54 Å². The van der Waals surface area contributed by atoms with E-state index in [2.05, 4.69) is 15.8 Å². The minimum absolute atomic E-state index is 0.196. The molecule has 0 spiro atoms. The van der Waals surface area contributed by atoms with E-state index < -0.39 is 24.4 Å². The molecule has 1 aromatic carbocycles. The second-order valence-corrected chi connectivity index (χ2v) is 4.73. The Balaban J connectivity index is 2.57. The molecule has 3 N–H and O–H groups in total. The molecule has 0 atom stereocenters. The summed E-state index contributed by atoms with van der Waals surface area (Å²) in [7, 11) is 0. The Morgan fingerprint density at radius 2 is 2.09 bits per heavy atom. The number of benzene rings is 1. The Kier molecular flexibility index (Phi) is 7.55. The number of hydrazone groups is 1. The molecular weight excluding hydrogens is 326 g/mol. The van der Waals surface area contributed by atoms with Crippen LogP contribution >= 0.6 is 11.6 Å². The Morgan fingerprint density at radius 3 is 2.70 bits per heavy atom. The highest BCUT2D eigenvalue weighted by atomic mass is 35.5. The lowest BCUT2D eigenvalue weighted by Gasteiger charge is -2.05. The van der Waals surface area contributed by atoms with Crippen LogP contribution in [0.5, 0.6) is 5.75 Å². The van der Waals surface area contributed by atoms with Gasteiger partial charge in [-0.15, -0.1) is 0 Å². The summed E-state index contributed by atoms with van der Waals surface area (Å²) in [5.41, 5.74) is 2.61. The number of nitrogens with one attached hydrogen (secondary N) is 2. The number of carbonyl (C=O) groups excluding carboxylic acids is 2. The molecule has 23 heavy (non-hydrogen) atoms. The van der Waals surface area contributed by atoms with Crippen molar-refractivity contribution in [2.75, 3.05) is 13.2 Å². The highest BCUT2D eigenvalue weighted by Gasteiger charge is 2.10. The zero-order valence-electron chi connectivity index (χ0n) is 12.3. The molecule has 8 nitrogen and oxygen atoms in total. The van der Waals surface area contributed by atoms with Crippen molar-refractivity contribution in [2.24, 2.45) is 5.10 Å². The number of aliphatic carboxylic acids is 1. The normalized spacial score (nSPS) is 10.3. The Labute approximate surface area is 137 Å². The van der Waals surface area contributed by atoms with Crippen LogP contribution in [-0.2, 0) is 14.4 Å². The van der Waals surface area contributed by atoms with E-state index in [1.54, 1.807) is 6.07 Å². The van der Waals surface area contributed by atoms with Crippen molar-refractivity contribution in [3.8, 4) is 5.75 Å². The summed E-state index contributed by atoms with van der Waals surface area (Å²) in [6.07, 6.45) is 2.01. The molecule has 1 aromatic rings. The Hall–Kier alpha value is -2.61. The minimum atomic E-state index is -1.12. The summed E-state index contributed by atoms with van der Waals surface area (Å²) in [4.78, 5) is 33.1. The van der Waals surface area contributed by atoms with Gasteiger partial charge in [0.15, 0.2) is 6.61 Å². The molecule has 1 rings (SSSR count). The first kappa shape index (κ1) is 18.4. The average molecular weight is 342 g/mol. The first-order valence-electron chi connectivity index (χ1n) is 6.69. The third kappa shape index (κ3) is 6.79. The van der Waals surface area contributed by atoms with E-state index in [0.29, 0.717) is 12.1 Å². The van der Waals surface area contributed by atoms with Gasteiger partial charge in [0.25, 0.3) is 0 Å². The van der Waals surface area contributed by atoms with Crippen LogP contribution in [0.1, 0.15) is 18.9 Å². The number of nitrogens with zero attached hydrogens (tertiary/aromatic N) is 1. The average Bonchev–Trinajstić information content (AvgIpc) is 2.51. The van der Waals surface area contributed by atoms with E-state index in [4.69, 9.17) is 21.4 Å². The first-order chi connectivity index (χ1) is 10.9. The molecule has 0 saturated carbocycles. The van der Waals surface area contributed by atoms with Crippen LogP contribution in [0.2, 0.25) is 5.02 Å². The maximum absolute atomic E-state index is 11.4. The molecule has 0 heterocycles. The Bertz CT molecular complexity index is 618. The van der Waals surface area contributed by atoms with Crippen molar-refractivity contribution in [3.05, 3.63) is 28.8 Å². The fraction of sp³-hybridized carbons (Fsp3) is 0.286. The predicted octanol–water partition coefficient (Wildman–Crippen LogP) is 0.780. The highest BCUT2D eigenvalue weighted by molar-refractivity contribution is 6.35.